The number of piperidine rings is 1. The molecule has 2 fully saturated rings. The zero-order valence-electron chi connectivity index (χ0n) is 12.5. The van der Waals surface area contributed by atoms with E-state index in [9.17, 15) is 4.79 Å². The van der Waals surface area contributed by atoms with Gasteiger partial charge < -0.3 is 10.2 Å². The average Bonchev–Trinajstić information content (AvgIpc) is 2.46. The van der Waals surface area contributed by atoms with Crippen LogP contribution in [-0.2, 0) is 4.79 Å². The summed E-state index contributed by atoms with van der Waals surface area (Å²) in [5.41, 5.74) is 0. The van der Waals surface area contributed by atoms with Gasteiger partial charge in [0.25, 0.3) is 0 Å². The molecular weight excluding hydrogens is 236 g/mol. The molecule has 1 heterocycles. The number of likely N-dealkylation sites (tertiary alicyclic amines) is 1. The quantitative estimate of drug-likeness (QED) is 0.830. The van der Waals surface area contributed by atoms with Crippen LogP contribution in [0.5, 0.6) is 0 Å². The summed E-state index contributed by atoms with van der Waals surface area (Å²) < 4.78 is 0. The predicted molar refractivity (Wildman–Crippen MR) is 79.1 cm³/mol. The first-order chi connectivity index (χ1) is 9.29. The van der Waals surface area contributed by atoms with Crippen LogP contribution in [0.4, 0.5) is 0 Å². The third kappa shape index (κ3) is 4.79. The van der Waals surface area contributed by atoms with Gasteiger partial charge in [-0.3, -0.25) is 4.79 Å². The van der Waals surface area contributed by atoms with Crippen LogP contribution in [0.2, 0.25) is 0 Å². The molecule has 1 amide bonds. The van der Waals surface area contributed by atoms with E-state index < -0.39 is 0 Å². The number of carbonyl (C=O) groups is 1. The zero-order valence-corrected chi connectivity index (χ0v) is 12.5. The van der Waals surface area contributed by atoms with E-state index in [1.165, 1.54) is 44.9 Å². The fraction of sp³-hybridized carbons (Fsp3) is 0.938. The SMILES string of the molecule is CCCNC1CCCN(C(=O)CC2CCCCC2)C1. The lowest BCUT2D eigenvalue weighted by atomic mass is 9.86. The highest BCUT2D eigenvalue weighted by Gasteiger charge is 2.25. The Balaban J connectivity index is 1.74. The highest BCUT2D eigenvalue weighted by atomic mass is 16.2. The number of hydrogen-bond donors (Lipinski definition) is 1. The van der Waals surface area contributed by atoms with Crippen LogP contribution in [0.15, 0.2) is 0 Å². The molecule has 19 heavy (non-hydrogen) atoms. The number of rotatable bonds is 5. The Morgan fingerprint density at radius 2 is 1.95 bits per heavy atom. The summed E-state index contributed by atoms with van der Waals surface area (Å²) in [6.07, 6.45) is 11.0. The van der Waals surface area contributed by atoms with Crippen LogP contribution in [0.3, 0.4) is 0 Å². The fourth-order valence-electron chi connectivity index (χ4n) is 3.49. The zero-order chi connectivity index (χ0) is 13.5. The fourth-order valence-corrected chi connectivity index (χ4v) is 3.49. The molecule has 1 atom stereocenters. The molecule has 0 aromatic carbocycles. The maximum Gasteiger partial charge on any atom is 0.222 e. The van der Waals surface area contributed by atoms with Gasteiger partial charge in [-0.15, -0.1) is 0 Å². The lowest BCUT2D eigenvalue weighted by Gasteiger charge is -2.34. The van der Waals surface area contributed by atoms with Crippen molar-refractivity contribution in [3.63, 3.8) is 0 Å². The third-order valence-corrected chi connectivity index (χ3v) is 4.65. The van der Waals surface area contributed by atoms with Crippen LogP contribution in [0.25, 0.3) is 0 Å². The second kappa shape index (κ2) is 7.88. The lowest BCUT2D eigenvalue weighted by Crippen LogP contribution is -2.48. The highest BCUT2D eigenvalue weighted by molar-refractivity contribution is 5.76. The molecule has 110 valence electrons. The van der Waals surface area contributed by atoms with Crippen LogP contribution < -0.4 is 5.32 Å². The number of nitrogens with one attached hydrogen (secondary N) is 1. The molecule has 1 saturated heterocycles. The maximum atomic E-state index is 12.4. The van der Waals surface area contributed by atoms with E-state index in [1.807, 2.05) is 0 Å². The van der Waals surface area contributed by atoms with Crippen molar-refractivity contribution in [1.29, 1.82) is 0 Å². The van der Waals surface area contributed by atoms with Gasteiger partial charge in [0, 0.05) is 25.6 Å². The van der Waals surface area contributed by atoms with Gasteiger partial charge in [0.05, 0.1) is 0 Å². The Morgan fingerprint density at radius 3 is 2.68 bits per heavy atom. The molecule has 2 aliphatic rings. The molecule has 1 aliphatic carbocycles. The van der Waals surface area contributed by atoms with E-state index in [4.69, 9.17) is 0 Å². The molecule has 1 aliphatic heterocycles. The summed E-state index contributed by atoms with van der Waals surface area (Å²) in [5.74, 6) is 1.08. The topological polar surface area (TPSA) is 32.3 Å². The van der Waals surface area contributed by atoms with Crippen molar-refractivity contribution in [3.8, 4) is 0 Å². The average molecular weight is 266 g/mol. The largest absolute Gasteiger partial charge is 0.341 e. The molecule has 1 N–H and O–H groups in total. The van der Waals surface area contributed by atoms with Crippen LogP contribution >= 0.6 is 0 Å². The molecule has 1 saturated carbocycles. The van der Waals surface area contributed by atoms with Gasteiger partial charge in [0.15, 0.2) is 0 Å². The summed E-state index contributed by atoms with van der Waals surface area (Å²) in [6.45, 7) is 5.19. The van der Waals surface area contributed by atoms with Crippen LogP contribution in [0, 0.1) is 5.92 Å². The summed E-state index contributed by atoms with van der Waals surface area (Å²) in [5, 5.41) is 3.57. The van der Waals surface area contributed by atoms with E-state index in [2.05, 4.69) is 17.1 Å². The minimum Gasteiger partial charge on any atom is -0.341 e. The first-order valence-corrected chi connectivity index (χ1v) is 8.30. The van der Waals surface area contributed by atoms with E-state index in [0.29, 0.717) is 17.9 Å². The normalized spacial score (nSPS) is 25.5. The van der Waals surface area contributed by atoms with E-state index >= 15 is 0 Å². The van der Waals surface area contributed by atoms with Gasteiger partial charge >= 0.3 is 0 Å². The Hall–Kier alpha value is -0.570. The molecule has 1 unspecified atom stereocenters. The molecule has 0 radical (unpaired) electrons. The first-order valence-electron chi connectivity index (χ1n) is 8.30. The third-order valence-electron chi connectivity index (χ3n) is 4.65. The van der Waals surface area contributed by atoms with Crippen LogP contribution in [-0.4, -0.2) is 36.5 Å². The molecule has 0 aromatic heterocycles. The molecule has 3 nitrogen and oxygen atoms in total. The van der Waals surface area contributed by atoms with Crippen molar-refractivity contribution < 1.29 is 4.79 Å². The Morgan fingerprint density at radius 1 is 1.16 bits per heavy atom. The second-order valence-corrected chi connectivity index (χ2v) is 6.34. The van der Waals surface area contributed by atoms with Gasteiger partial charge in [-0.2, -0.15) is 0 Å². The molecule has 2 rings (SSSR count). The number of carbonyl (C=O) groups excluding carboxylic acids is 1. The van der Waals surface area contributed by atoms with Crippen molar-refractivity contribution in [3.05, 3.63) is 0 Å². The monoisotopic (exact) mass is 266 g/mol. The highest BCUT2D eigenvalue weighted by Crippen LogP contribution is 2.27. The Bertz CT molecular complexity index is 274. The number of hydrogen-bond acceptors (Lipinski definition) is 2. The van der Waals surface area contributed by atoms with E-state index in [1.54, 1.807) is 0 Å². The van der Waals surface area contributed by atoms with Crippen molar-refractivity contribution in [1.82, 2.24) is 10.2 Å². The maximum absolute atomic E-state index is 12.4. The van der Waals surface area contributed by atoms with E-state index in [-0.39, 0.29) is 0 Å². The van der Waals surface area contributed by atoms with Gasteiger partial charge in [-0.05, 0) is 44.6 Å². The summed E-state index contributed by atoms with van der Waals surface area (Å²) >= 11 is 0. The number of amides is 1. The van der Waals surface area contributed by atoms with Gasteiger partial charge in [-0.1, -0.05) is 26.2 Å². The standard InChI is InChI=1S/C16H30N2O/c1-2-10-17-15-9-6-11-18(13-15)16(19)12-14-7-4-3-5-8-14/h14-15,17H,2-13H2,1H3. The van der Waals surface area contributed by atoms with Crippen molar-refractivity contribution in [2.24, 2.45) is 5.92 Å². The molecule has 3 heteroatoms. The smallest absolute Gasteiger partial charge is 0.222 e. The summed E-state index contributed by atoms with van der Waals surface area (Å²) in [6, 6.07) is 0.531. The van der Waals surface area contributed by atoms with Gasteiger partial charge in [-0.25, -0.2) is 0 Å². The molecular formula is C16H30N2O. The summed E-state index contributed by atoms with van der Waals surface area (Å²) in [4.78, 5) is 14.5. The molecule has 0 spiro atoms. The first kappa shape index (κ1) is 14.8. The minimum atomic E-state index is 0.412. The lowest BCUT2D eigenvalue weighted by molar-refractivity contribution is -0.133. The van der Waals surface area contributed by atoms with Crippen molar-refractivity contribution in [2.75, 3.05) is 19.6 Å². The van der Waals surface area contributed by atoms with E-state index in [0.717, 1.165) is 32.5 Å². The minimum absolute atomic E-state index is 0.412. The Kier molecular flexibility index (Phi) is 6.15. The Labute approximate surface area is 118 Å². The summed E-state index contributed by atoms with van der Waals surface area (Å²) in [7, 11) is 0. The van der Waals surface area contributed by atoms with Gasteiger partial charge in [0.1, 0.15) is 0 Å². The van der Waals surface area contributed by atoms with Crippen LogP contribution in [0.1, 0.15) is 64.7 Å². The van der Waals surface area contributed by atoms with Gasteiger partial charge in [0.2, 0.25) is 5.91 Å². The van der Waals surface area contributed by atoms with Crippen molar-refractivity contribution in [2.45, 2.75) is 70.8 Å². The molecule has 0 bridgehead atoms. The number of nitrogens with zero attached hydrogens (tertiary/aromatic N) is 1. The predicted octanol–water partition coefficient (Wildman–Crippen LogP) is 2.95. The van der Waals surface area contributed by atoms with Crippen molar-refractivity contribution >= 4 is 5.91 Å². The molecule has 0 aromatic rings. The second-order valence-electron chi connectivity index (χ2n) is 6.34.